The predicted octanol–water partition coefficient (Wildman–Crippen LogP) is 2.57. The van der Waals surface area contributed by atoms with Gasteiger partial charge in [0, 0.05) is 6.54 Å². The SMILES string of the molecule is C[C@H](O)C[C@@H]1COCCN1C(=O)N[C@H](c1ccccc1)[C@H]1C[C@@H]1C. The molecule has 2 aliphatic rings. The van der Waals surface area contributed by atoms with Crippen molar-refractivity contribution in [3.05, 3.63) is 35.9 Å². The van der Waals surface area contributed by atoms with Gasteiger partial charge in [-0.2, -0.15) is 0 Å². The Morgan fingerprint density at radius 2 is 2.12 bits per heavy atom. The number of ether oxygens (including phenoxy) is 1. The molecule has 2 N–H and O–H groups in total. The fourth-order valence-corrected chi connectivity index (χ4v) is 3.64. The van der Waals surface area contributed by atoms with Gasteiger partial charge in [0.15, 0.2) is 0 Å². The van der Waals surface area contributed by atoms with Gasteiger partial charge in [-0.25, -0.2) is 4.79 Å². The minimum absolute atomic E-state index is 0.0445. The Hall–Kier alpha value is -1.59. The van der Waals surface area contributed by atoms with Gasteiger partial charge in [0.05, 0.1) is 31.4 Å². The van der Waals surface area contributed by atoms with Gasteiger partial charge in [-0.3, -0.25) is 0 Å². The maximum absolute atomic E-state index is 12.9. The number of aliphatic hydroxyl groups is 1. The third kappa shape index (κ3) is 4.08. The Balaban J connectivity index is 1.70. The summed E-state index contributed by atoms with van der Waals surface area (Å²) >= 11 is 0. The predicted molar refractivity (Wildman–Crippen MR) is 92.6 cm³/mol. The van der Waals surface area contributed by atoms with Crippen molar-refractivity contribution in [1.29, 1.82) is 0 Å². The van der Waals surface area contributed by atoms with E-state index in [-0.39, 0.29) is 18.1 Å². The van der Waals surface area contributed by atoms with Crippen LogP contribution in [0.1, 0.15) is 38.3 Å². The van der Waals surface area contributed by atoms with Gasteiger partial charge in [-0.05, 0) is 37.2 Å². The second kappa shape index (κ2) is 7.53. The number of rotatable bonds is 5. The largest absolute Gasteiger partial charge is 0.393 e. The molecule has 132 valence electrons. The van der Waals surface area contributed by atoms with Crippen molar-refractivity contribution in [3.8, 4) is 0 Å². The average Bonchev–Trinajstić information content (AvgIpc) is 3.29. The van der Waals surface area contributed by atoms with Crippen LogP contribution in [0.5, 0.6) is 0 Å². The fraction of sp³-hybridized carbons (Fsp3) is 0.632. The van der Waals surface area contributed by atoms with E-state index in [1.807, 2.05) is 23.1 Å². The molecular formula is C19H28N2O3. The maximum Gasteiger partial charge on any atom is 0.318 e. The van der Waals surface area contributed by atoms with Gasteiger partial charge in [-0.15, -0.1) is 0 Å². The van der Waals surface area contributed by atoms with E-state index in [1.54, 1.807) is 6.92 Å². The Morgan fingerprint density at radius 1 is 1.42 bits per heavy atom. The summed E-state index contributed by atoms with van der Waals surface area (Å²) in [6.45, 7) is 5.61. The molecule has 2 fully saturated rings. The highest BCUT2D eigenvalue weighted by Crippen LogP contribution is 2.47. The van der Waals surface area contributed by atoms with Crippen LogP contribution in [-0.2, 0) is 4.74 Å². The molecule has 1 saturated carbocycles. The van der Waals surface area contributed by atoms with Crippen molar-refractivity contribution in [2.24, 2.45) is 11.8 Å². The first-order chi connectivity index (χ1) is 11.6. The molecule has 1 saturated heterocycles. The Kier molecular flexibility index (Phi) is 5.41. The molecule has 1 aliphatic carbocycles. The van der Waals surface area contributed by atoms with E-state index in [1.165, 1.54) is 5.56 Å². The van der Waals surface area contributed by atoms with Crippen molar-refractivity contribution in [2.45, 2.75) is 44.9 Å². The van der Waals surface area contributed by atoms with Crippen LogP contribution in [0.15, 0.2) is 30.3 Å². The van der Waals surface area contributed by atoms with Crippen LogP contribution in [0.25, 0.3) is 0 Å². The number of carbonyl (C=O) groups excluding carboxylic acids is 1. The maximum atomic E-state index is 12.9. The lowest BCUT2D eigenvalue weighted by Crippen LogP contribution is -2.54. The van der Waals surface area contributed by atoms with Crippen LogP contribution in [-0.4, -0.2) is 47.9 Å². The number of morpholine rings is 1. The van der Waals surface area contributed by atoms with Gasteiger partial charge < -0.3 is 20.1 Å². The van der Waals surface area contributed by atoms with E-state index >= 15 is 0 Å². The van der Waals surface area contributed by atoms with Crippen LogP contribution in [0.3, 0.4) is 0 Å². The topological polar surface area (TPSA) is 61.8 Å². The Labute approximate surface area is 144 Å². The third-order valence-corrected chi connectivity index (χ3v) is 5.14. The quantitative estimate of drug-likeness (QED) is 0.871. The number of aliphatic hydroxyl groups excluding tert-OH is 1. The first kappa shape index (κ1) is 17.2. The number of urea groups is 1. The molecule has 0 spiro atoms. The molecule has 0 unspecified atom stereocenters. The number of amides is 2. The first-order valence-corrected chi connectivity index (χ1v) is 8.94. The summed E-state index contributed by atoms with van der Waals surface area (Å²) in [5.41, 5.74) is 1.17. The zero-order valence-corrected chi connectivity index (χ0v) is 14.5. The highest BCUT2D eigenvalue weighted by molar-refractivity contribution is 5.75. The van der Waals surface area contributed by atoms with E-state index < -0.39 is 6.10 Å². The summed E-state index contributed by atoms with van der Waals surface area (Å²) in [6.07, 6.45) is 1.25. The van der Waals surface area contributed by atoms with E-state index in [0.717, 1.165) is 6.42 Å². The number of nitrogens with zero attached hydrogens (tertiary/aromatic N) is 1. The first-order valence-electron chi connectivity index (χ1n) is 8.94. The Morgan fingerprint density at radius 3 is 2.75 bits per heavy atom. The molecule has 5 heteroatoms. The monoisotopic (exact) mass is 332 g/mol. The van der Waals surface area contributed by atoms with Gasteiger partial charge >= 0.3 is 6.03 Å². The summed E-state index contributed by atoms with van der Waals surface area (Å²) in [5, 5.41) is 12.9. The van der Waals surface area contributed by atoms with Crippen molar-refractivity contribution in [2.75, 3.05) is 19.8 Å². The standard InChI is InChI=1S/C19H28N2O3/c1-13-10-17(13)18(15-6-4-3-5-7-15)20-19(23)21-8-9-24-12-16(21)11-14(2)22/h3-7,13-14,16-18,22H,8-12H2,1-2H3,(H,20,23)/t13-,14-,16+,17-,18+/m0/s1. The molecule has 0 bridgehead atoms. The van der Waals surface area contributed by atoms with Crippen LogP contribution in [0.2, 0.25) is 0 Å². The van der Waals surface area contributed by atoms with E-state index in [4.69, 9.17) is 4.74 Å². The average molecular weight is 332 g/mol. The molecule has 2 amide bonds. The number of hydrogen-bond donors (Lipinski definition) is 2. The van der Waals surface area contributed by atoms with Gasteiger partial charge in [0.1, 0.15) is 0 Å². The van der Waals surface area contributed by atoms with Crippen LogP contribution in [0.4, 0.5) is 4.79 Å². The summed E-state index contributed by atoms with van der Waals surface area (Å²) in [7, 11) is 0. The number of benzene rings is 1. The van der Waals surface area contributed by atoms with Crippen LogP contribution in [0, 0.1) is 11.8 Å². The number of nitrogens with one attached hydrogen (secondary N) is 1. The second-order valence-corrected chi connectivity index (χ2v) is 7.22. The third-order valence-electron chi connectivity index (χ3n) is 5.14. The van der Waals surface area contributed by atoms with Gasteiger partial charge in [0.2, 0.25) is 0 Å². The minimum atomic E-state index is -0.444. The van der Waals surface area contributed by atoms with E-state index in [2.05, 4.69) is 24.4 Å². The lowest BCUT2D eigenvalue weighted by molar-refractivity contribution is -0.00499. The molecule has 24 heavy (non-hydrogen) atoms. The summed E-state index contributed by atoms with van der Waals surface area (Å²) in [5.74, 6) is 1.15. The Bertz CT molecular complexity index is 549. The summed E-state index contributed by atoms with van der Waals surface area (Å²) < 4.78 is 5.50. The molecule has 3 rings (SSSR count). The summed E-state index contributed by atoms with van der Waals surface area (Å²) in [6, 6.07) is 10.2. The van der Waals surface area contributed by atoms with Gasteiger partial charge in [0.25, 0.3) is 0 Å². The highest BCUT2D eigenvalue weighted by atomic mass is 16.5. The lowest BCUT2D eigenvalue weighted by atomic mass is 10.0. The molecule has 1 aromatic rings. The number of hydrogen-bond acceptors (Lipinski definition) is 3. The zero-order chi connectivity index (χ0) is 17.1. The normalized spacial score (nSPS) is 29.0. The molecule has 1 aromatic carbocycles. The minimum Gasteiger partial charge on any atom is -0.393 e. The van der Waals surface area contributed by atoms with Crippen LogP contribution < -0.4 is 5.32 Å². The molecule has 0 radical (unpaired) electrons. The highest BCUT2D eigenvalue weighted by Gasteiger charge is 2.42. The second-order valence-electron chi connectivity index (χ2n) is 7.22. The molecule has 5 atom stereocenters. The molecule has 0 aromatic heterocycles. The van der Waals surface area contributed by atoms with E-state index in [0.29, 0.717) is 38.0 Å². The van der Waals surface area contributed by atoms with Crippen molar-refractivity contribution in [3.63, 3.8) is 0 Å². The molecule has 5 nitrogen and oxygen atoms in total. The van der Waals surface area contributed by atoms with E-state index in [9.17, 15) is 9.90 Å². The lowest BCUT2D eigenvalue weighted by Gasteiger charge is -2.37. The zero-order valence-electron chi connectivity index (χ0n) is 14.5. The molecular weight excluding hydrogens is 304 g/mol. The smallest absolute Gasteiger partial charge is 0.318 e. The van der Waals surface area contributed by atoms with Crippen molar-refractivity contribution in [1.82, 2.24) is 10.2 Å². The molecule has 1 heterocycles. The fourth-order valence-electron chi connectivity index (χ4n) is 3.64. The van der Waals surface area contributed by atoms with Crippen molar-refractivity contribution >= 4 is 6.03 Å². The molecule has 1 aliphatic heterocycles. The number of carbonyl (C=O) groups is 1. The van der Waals surface area contributed by atoms with Crippen LogP contribution >= 0.6 is 0 Å². The van der Waals surface area contributed by atoms with Crippen molar-refractivity contribution < 1.29 is 14.6 Å². The summed E-state index contributed by atoms with van der Waals surface area (Å²) in [4.78, 5) is 14.7. The van der Waals surface area contributed by atoms with Gasteiger partial charge in [-0.1, -0.05) is 37.3 Å².